The number of nitrogens with zero attached hydrogens (tertiary/aromatic N) is 3. The minimum atomic E-state index is -0.569. The van der Waals surface area contributed by atoms with Gasteiger partial charge in [-0.25, -0.2) is 9.78 Å². The Morgan fingerprint density at radius 3 is 2.40 bits per heavy atom. The molecule has 3 aromatic carbocycles. The molecule has 10 heteroatoms. The number of rotatable bonds is 6. The molecule has 0 saturated carbocycles. The minimum absolute atomic E-state index is 0.0388. The van der Waals surface area contributed by atoms with E-state index in [1.807, 2.05) is 78.9 Å². The molecule has 3 aliphatic rings. The lowest BCUT2D eigenvalue weighted by Gasteiger charge is -2.34. The van der Waals surface area contributed by atoms with E-state index in [1.54, 1.807) is 28.1 Å². The molecule has 0 aliphatic carbocycles. The van der Waals surface area contributed by atoms with Crippen molar-refractivity contribution in [1.29, 1.82) is 0 Å². The number of urea groups is 1. The number of para-hydroxylation sites is 1. The van der Waals surface area contributed by atoms with Crippen molar-refractivity contribution in [2.24, 2.45) is 0 Å². The predicted octanol–water partition coefficient (Wildman–Crippen LogP) is 5.28. The van der Waals surface area contributed by atoms with E-state index in [4.69, 9.17) is 4.74 Å². The van der Waals surface area contributed by atoms with Gasteiger partial charge in [-0.2, -0.15) is 0 Å². The molecule has 0 radical (unpaired) electrons. The summed E-state index contributed by atoms with van der Waals surface area (Å²) >= 11 is 1.36. The van der Waals surface area contributed by atoms with E-state index in [9.17, 15) is 14.4 Å². The maximum Gasteiger partial charge on any atom is 0.327 e. The Balaban J connectivity index is 1.05. The van der Waals surface area contributed by atoms with Crippen LogP contribution in [0.2, 0.25) is 0 Å². The van der Waals surface area contributed by atoms with E-state index in [2.05, 4.69) is 15.6 Å². The Labute approximate surface area is 246 Å². The van der Waals surface area contributed by atoms with Crippen molar-refractivity contribution >= 4 is 41.0 Å². The second-order valence-electron chi connectivity index (χ2n) is 10.4. The number of ether oxygens (including phenoxy) is 1. The van der Waals surface area contributed by atoms with E-state index in [1.165, 1.54) is 11.8 Å². The van der Waals surface area contributed by atoms with Crippen molar-refractivity contribution in [3.63, 3.8) is 0 Å². The summed E-state index contributed by atoms with van der Waals surface area (Å²) in [5.41, 5.74) is 2.84. The lowest BCUT2D eigenvalue weighted by atomic mass is 9.99. The van der Waals surface area contributed by atoms with Crippen molar-refractivity contribution < 1.29 is 19.1 Å². The Morgan fingerprint density at radius 1 is 0.929 bits per heavy atom. The summed E-state index contributed by atoms with van der Waals surface area (Å²) in [4.78, 5) is 47.8. The second-order valence-corrected chi connectivity index (χ2v) is 11.5. The molecule has 4 amide bonds. The highest BCUT2D eigenvalue weighted by atomic mass is 32.2. The summed E-state index contributed by atoms with van der Waals surface area (Å²) in [6.45, 7) is 1.02. The first-order valence-corrected chi connectivity index (χ1v) is 14.7. The van der Waals surface area contributed by atoms with Gasteiger partial charge in [0.25, 0.3) is 5.91 Å². The van der Waals surface area contributed by atoms with Gasteiger partial charge in [0, 0.05) is 36.5 Å². The lowest BCUT2D eigenvalue weighted by molar-refractivity contribution is -0.121. The number of likely N-dealkylation sites (tertiary alicyclic amines) is 1. The maximum absolute atomic E-state index is 13.5. The fourth-order valence-corrected chi connectivity index (χ4v) is 6.91. The molecule has 0 bridgehead atoms. The number of pyridine rings is 1. The molecule has 1 fully saturated rings. The molecule has 1 saturated heterocycles. The fourth-order valence-electron chi connectivity index (χ4n) is 5.68. The zero-order chi connectivity index (χ0) is 28.6. The average molecular weight is 578 g/mol. The van der Waals surface area contributed by atoms with Crippen LogP contribution in [0, 0.1) is 0 Å². The molecule has 4 heterocycles. The number of hydrogen-bond acceptors (Lipinski definition) is 6. The summed E-state index contributed by atoms with van der Waals surface area (Å²) < 4.78 is 5.90. The number of benzene rings is 3. The first-order chi connectivity index (χ1) is 20.5. The van der Waals surface area contributed by atoms with Crippen molar-refractivity contribution in [3.8, 4) is 11.5 Å². The lowest BCUT2D eigenvalue weighted by Crippen LogP contribution is -2.50. The molecular formula is C32H27N5O4S. The van der Waals surface area contributed by atoms with E-state index in [-0.39, 0.29) is 23.9 Å². The van der Waals surface area contributed by atoms with E-state index in [0.29, 0.717) is 42.2 Å². The number of nitrogens with one attached hydrogen (secondary N) is 2. The summed E-state index contributed by atoms with van der Waals surface area (Å²) in [7, 11) is 0. The number of hydrogen-bond donors (Lipinski definition) is 2. The largest absolute Gasteiger partial charge is 0.457 e. The summed E-state index contributed by atoms with van der Waals surface area (Å²) in [5.74, 6) is 1.17. The van der Waals surface area contributed by atoms with Gasteiger partial charge in [-0.15, -0.1) is 0 Å². The number of carbonyl (C=O) groups excluding carboxylic acids is 3. The molecule has 9 nitrogen and oxygen atoms in total. The van der Waals surface area contributed by atoms with E-state index in [0.717, 1.165) is 16.3 Å². The molecule has 210 valence electrons. The van der Waals surface area contributed by atoms with Crippen LogP contribution in [-0.2, 0) is 4.79 Å². The van der Waals surface area contributed by atoms with Crippen LogP contribution in [0.3, 0.4) is 0 Å². The molecule has 42 heavy (non-hydrogen) atoms. The number of thioether (sulfide) groups is 1. The predicted molar refractivity (Wildman–Crippen MR) is 159 cm³/mol. The van der Waals surface area contributed by atoms with Crippen molar-refractivity contribution in [3.05, 3.63) is 108 Å². The molecule has 2 N–H and O–H groups in total. The first kappa shape index (κ1) is 26.1. The van der Waals surface area contributed by atoms with Crippen LogP contribution in [0.5, 0.6) is 11.5 Å². The van der Waals surface area contributed by atoms with Crippen LogP contribution >= 0.6 is 11.8 Å². The first-order valence-electron chi connectivity index (χ1n) is 13.8. The molecule has 7 rings (SSSR count). The van der Waals surface area contributed by atoms with Gasteiger partial charge in [-0.1, -0.05) is 48.2 Å². The molecular weight excluding hydrogens is 550 g/mol. The van der Waals surface area contributed by atoms with Crippen LogP contribution < -0.4 is 20.3 Å². The number of anilines is 2. The Hall–Kier alpha value is -4.83. The summed E-state index contributed by atoms with van der Waals surface area (Å²) in [6, 6.07) is 26.8. The van der Waals surface area contributed by atoms with Gasteiger partial charge < -0.3 is 20.3 Å². The standard InChI is InChI=1S/C32H27N5O4S/c38-29(34-21-16-18-36(19-21)31(39)20-7-3-1-4-8-20)28-27-26-25(15-17-33-30(26)42-28)37(32(40)35-27)22-11-13-24(14-12-22)41-23-9-5-2-6-10-23/h1-15,17,21,27-28H,16,18-19H2,(H,34,38)(H,35,40)/t21?,27?,28-/m0/s1. The van der Waals surface area contributed by atoms with Gasteiger partial charge in [0.2, 0.25) is 5.91 Å². The zero-order valence-electron chi connectivity index (χ0n) is 22.5. The summed E-state index contributed by atoms with van der Waals surface area (Å²) in [5, 5.41) is 6.33. The van der Waals surface area contributed by atoms with Crippen LogP contribution in [0.15, 0.2) is 102 Å². The van der Waals surface area contributed by atoms with Crippen LogP contribution in [0.4, 0.5) is 16.2 Å². The Bertz CT molecular complexity index is 1650. The van der Waals surface area contributed by atoms with E-state index >= 15 is 0 Å². The zero-order valence-corrected chi connectivity index (χ0v) is 23.3. The van der Waals surface area contributed by atoms with Gasteiger partial charge in [-0.05, 0) is 61.0 Å². The minimum Gasteiger partial charge on any atom is -0.457 e. The third kappa shape index (κ3) is 4.83. The average Bonchev–Trinajstić information content (AvgIpc) is 3.64. The highest BCUT2D eigenvalue weighted by Crippen LogP contribution is 2.50. The topological polar surface area (TPSA) is 104 Å². The van der Waals surface area contributed by atoms with Crippen LogP contribution in [0.1, 0.15) is 28.4 Å². The molecule has 4 aromatic rings. The summed E-state index contributed by atoms with van der Waals surface area (Å²) in [6.07, 6.45) is 2.34. The van der Waals surface area contributed by atoms with Crippen molar-refractivity contribution in [1.82, 2.24) is 20.5 Å². The highest BCUT2D eigenvalue weighted by molar-refractivity contribution is 8.01. The second kappa shape index (κ2) is 10.9. The fraction of sp³-hybridized carbons (Fsp3) is 0.188. The van der Waals surface area contributed by atoms with Crippen LogP contribution in [0.25, 0.3) is 0 Å². The van der Waals surface area contributed by atoms with Crippen molar-refractivity contribution in [2.75, 3.05) is 18.0 Å². The molecule has 1 aromatic heterocycles. The highest BCUT2D eigenvalue weighted by Gasteiger charge is 2.47. The smallest absolute Gasteiger partial charge is 0.327 e. The third-order valence-corrected chi connectivity index (χ3v) is 8.97. The molecule has 3 atom stereocenters. The number of aromatic nitrogens is 1. The Morgan fingerprint density at radius 2 is 1.64 bits per heavy atom. The van der Waals surface area contributed by atoms with Gasteiger partial charge in [0.1, 0.15) is 21.8 Å². The van der Waals surface area contributed by atoms with E-state index < -0.39 is 11.3 Å². The van der Waals surface area contributed by atoms with Crippen molar-refractivity contribution in [2.45, 2.75) is 28.8 Å². The number of carbonyl (C=O) groups is 3. The quantitative estimate of drug-likeness (QED) is 0.323. The van der Waals surface area contributed by atoms with Gasteiger partial charge >= 0.3 is 6.03 Å². The monoisotopic (exact) mass is 577 g/mol. The van der Waals surface area contributed by atoms with Gasteiger partial charge in [0.05, 0.1) is 17.4 Å². The molecule has 3 aliphatic heterocycles. The normalized spacial score (nSPS) is 20.6. The Kier molecular flexibility index (Phi) is 6.75. The van der Waals surface area contributed by atoms with Gasteiger partial charge in [-0.3, -0.25) is 14.5 Å². The number of amides is 4. The molecule has 2 unspecified atom stereocenters. The van der Waals surface area contributed by atoms with Gasteiger partial charge in [0.15, 0.2) is 0 Å². The van der Waals surface area contributed by atoms with Crippen LogP contribution in [-0.4, -0.2) is 52.1 Å². The maximum atomic E-state index is 13.5. The molecule has 0 spiro atoms. The third-order valence-electron chi connectivity index (χ3n) is 7.68. The SMILES string of the molecule is O=C(NC1CCN(C(=O)c2ccccc2)C1)[C@H]1Sc2nccc3c2C1NC(=O)N3c1ccc(Oc2ccccc2)cc1.